The highest BCUT2D eigenvalue weighted by molar-refractivity contribution is 5.90. The van der Waals surface area contributed by atoms with Crippen LogP contribution in [-0.2, 0) is 24.5 Å². The second kappa shape index (κ2) is 11.8. The predicted molar refractivity (Wildman–Crippen MR) is 148 cm³/mol. The van der Waals surface area contributed by atoms with Crippen LogP contribution in [0.3, 0.4) is 0 Å². The number of fused-ring (bicyclic) bond motifs is 1. The molecule has 38 heavy (non-hydrogen) atoms. The maximum Gasteiger partial charge on any atom is 0.268 e. The van der Waals surface area contributed by atoms with Gasteiger partial charge >= 0.3 is 0 Å². The number of imidazole rings is 1. The molecule has 194 valence electrons. The summed E-state index contributed by atoms with van der Waals surface area (Å²) >= 11 is 0. The molecule has 5 aromatic rings. The minimum atomic E-state index is -0.542. The molecule has 2 N–H and O–H groups in total. The maximum absolute atomic E-state index is 11.7. The van der Waals surface area contributed by atoms with E-state index in [2.05, 4.69) is 53.0 Å². The van der Waals surface area contributed by atoms with Crippen LogP contribution in [0.25, 0.3) is 10.9 Å². The molecule has 0 bridgehead atoms. The highest BCUT2D eigenvalue weighted by Crippen LogP contribution is 2.26. The summed E-state index contributed by atoms with van der Waals surface area (Å²) in [7, 11) is 0. The lowest BCUT2D eigenvalue weighted by Crippen LogP contribution is -2.25. The molecule has 2 heterocycles. The zero-order valence-corrected chi connectivity index (χ0v) is 21.4. The van der Waals surface area contributed by atoms with Gasteiger partial charge in [0, 0.05) is 25.0 Å². The van der Waals surface area contributed by atoms with Crippen molar-refractivity contribution in [2.75, 3.05) is 0 Å². The van der Waals surface area contributed by atoms with Gasteiger partial charge in [-0.3, -0.25) is 4.79 Å². The first-order valence-corrected chi connectivity index (χ1v) is 12.8. The van der Waals surface area contributed by atoms with E-state index in [4.69, 9.17) is 15.2 Å². The average Bonchev–Trinajstić information content (AvgIpc) is 3.60. The number of ether oxygens (including phenoxy) is 2. The van der Waals surface area contributed by atoms with Crippen LogP contribution in [0.4, 0.5) is 0 Å². The molecule has 0 radical (unpaired) electrons. The smallest absolute Gasteiger partial charge is 0.268 e. The largest absolute Gasteiger partial charge is 0.489 e. The maximum atomic E-state index is 11.7. The molecule has 0 saturated carbocycles. The molecule has 0 aliphatic carbocycles. The van der Waals surface area contributed by atoms with Gasteiger partial charge in [-0.25, -0.2) is 4.98 Å². The van der Waals surface area contributed by atoms with Gasteiger partial charge in [0.05, 0.1) is 30.6 Å². The third-order valence-corrected chi connectivity index (χ3v) is 6.79. The van der Waals surface area contributed by atoms with Crippen molar-refractivity contribution in [1.82, 2.24) is 14.1 Å². The van der Waals surface area contributed by atoms with E-state index in [1.807, 2.05) is 59.2 Å². The Morgan fingerprint density at radius 1 is 0.947 bits per heavy atom. The molecule has 0 fully saturated rings. The number of nitrogens with zero attached hydrogens (tertiary/aromatic N) is 3. The fourth-order valence-corrected chi connectivity index (χ4v) is 4.65. The monoisotopic (exact) mass is 508 g/mol. The summed E-state index contributed by atoms with van der Waals surface area (Å²) in [5.41, 5.74) is 9.06. The van der Waals surface area contributed by atoms with Crippen molar-refractivity contribution >= 4 is 16.8 Å². The Kier molecular flexibility index (Phi) is 7.85. The molecule has 2 aromatic heterocycles. The van der Waals surface area contributed by atoms with Crippen molar-refractivity contribution in [2.45, 2.75) is 45.2 Å². The number of primary amides is 1. The Balaban J connectivity index is 1.31. The molecular weight excluding hydrogens is 476 g/mol. The topological polar surface area (TPSA) is 84.3 Å². The van der Waals surface area contributed by atoms with Gasteiger partial charge in [0.15, 0.2) is 0 Å². The number of hydrogen-bond donors (Lipinski definition) is 1. The highest BCUT2D eigenvalue weighted by Gasteiger charge is 2.22. The highest BCUT2D eigenvalue weighted by atomic mass is 16.5. The Morgan fingerprint density at radius 2 is 1.66 bits per heavy atom. The van der Waals surface area contributed by atoms with Crippen molar-refractivity contribution in [3.63, 3.8) is 0 Å². The number of rotatable bonds is 12. The zero-order valence-electron chi connectivity index (χ0n) is 21.4. The first-order valence-electron chi connectivity index (χ1n) is 12.8. The van der Waals surface area contributed by atoms with E-state index >= 15 is 0 Å². The quantitative estimate of drug-likeness (QED) is 0.232. The summed E-state index contributed by atoms with van der Waals surface area (Å²) in [6, 6.07) is 28.5. The van der Waals surface area contributed by atoms with Crippen molar-refractivity contribution in [3.8, 4) is 5.75 Å². The zero-order chi connectivity index (χ0) is 26.3. The summed E-state index contributed by atoms with van der Waals surface area (Å²) < 4.78 is 16.5. The summed E-state index contributed by atoms with van der Waals surface area (Å²) in [5.74, 6) is 0.290. The average molecular weight is 509 g/mol. The molecule has 0 saturated heterocycles. The molecule has 2 atom stereocenters. The van der Waals surface area contributed by atoms with Gasteiger partial charge in [-0.05, 0) is 48.1 Å². The lowest BCUT2D eigenvalue weighted by atomic mass is 10.1. The van der Waals surface area contributed by atoms with Gasteiger partial charge < -0.3 is 24.3 Å². The lowest BCUT2D eigenvalue weighted by molar-refractivity contribution is 0.0137. The van der Waals surface area contributed by atoms with E-state index < -0.39 is 5.91 Å². The van der Waals surface area contributed by atoms with Crippen LogP contribution in [0, 0.1) is 0 Å². The van der Waals surface area contributed by atoms with Crippen molar-refractivity contribution < 1.29 is 14.3 Å². The van der Waals surface area contributed by atoms with E-state index in [9.17, 15) is 4.79 Å². The third-order valence-electron chi connectivity index (χ3n) is 6.79. The van der Waals surface area contributed by atoms with E-state index in [1.165, 1.54) is 0 Å². The lowest BCUT2D eigenvalue weighted by Gasteiger charge is -2.26. The van der Waals surface area contributed by atoms with E-state index in [-0.39, 0.29) is 17.8 Å². The minimum Gasteiger partial charge on any atom is -0.489 e. The Labute approximate surface area is 222 Å². The SMILES string of the molecule is C[C@H](OCc1ccccc1)[C@@H](CCn1ccc2ccc(OCc3ccccc3)cc21)n1cnc(C(N)=O)c1. The standard InChI is InChI=1S/C31H32N4O3/c1-23(37-20-24-8-4-2-5-9-24)29(35-19-28(31(32)36)33-22-35)15-17-34-16-14-26-12-13-27(18-30(26)34)38-21-25-10-6-3-7-11-25/h2-14,16,18-19,22-23,29H,15,17,20-21H2,1H3,(H2,32,36)/t23-,29+/m0/s1. The number of hydrogen-bond acceptors (Lipinski definition) is 4. The first kappa shape index (κ1) is 25.3. The van der Waals surface area contributed by atoms with Gasteiger partial charge in [-0.15, -0.1) is 0 Å². The Hall–Kier alpha value is -4.36. The molecular formula is C31H32N4O3. The molecule has 1 amide bonds. The summed E-state index contributed by atoms with van der Waals surface area (Å²) in [4.78, 5) is 15.9. The van der Waals surface area contributed by atoms with Gasteiger partial charge in [-0.2, -0.15) is 0 Å². The summed E-state index contributed by atoms with van der Waals surface area (Å²) in [6.07, 6.45) is 6.11. The normalized spacial score (nSPS) is 12.9. The van der Waals surface area contributed by atoms with E-state index in [0.29, 0.717) is 13.2 Å². The van der Waals surface area contributed by atoms with Crippen molar-refractivity contribution in [1.29, 1.82) is 0 Å². The number of carbonyl (C=O) groups is 1. The van der Waals surface area contributed by atoms with Crippen LogP contribution >= 0.6 is 0 Å². The Morgan fingerprint density at radius 3 is 2.34 bits per heavy atom. The number of aryl methyl sites for hydroxylation is 1. The molecule has 0 spiro atoms. The molecule has 7 heteroatoms. The molecule has 3 aromatic carbocycles. The fourth-order valence-electron chi connectivity index (χ4n) is 4.65. The second-order valence-corrected chi connectivity index (χ2v) is 9.43. The third kappa shape index (κ3) is 6.12. The Bertz CT molecular complexity index is 1480. The van der Waals surface area contributed by atoms with Gasteiger partial charge in [0.1, 0.15) is 18.1 Å². The molecule has 0 aliphatic rings. The first-order chi connectivity index (χ1) is 18.6. The molecule has 5 rings (SSSR count). The minimum absolute atomic E-state index is 0.0470. The van der Waals surface area contributed by atoms with Crippen LogP contribution in [0.15, 0.2) is 104 Å². The number of benzene rings is 3. The molecule has 7 nitrogen and oxygen atoms in total. The van der Waals surface area contributed by atoms with E-state index in [1.54, 1.807) is 12.5 Å². The van der Waals surface area contributed by atoms with Crippen molar-refractivity contribution in [3.05, 3.63) is 120 Å². The number of aromatic nitrogens is 3. The van der Waals surface area contributed by atoms with Gasteiger partial charge in [0.25, 0.3) is 5.91 Å². The second-order valence-electron chi connectivity index (χ2n) is 9.43. The number of carbonyl (C=O) groups excluding carboxylic acids is 1. The van der Waals surface area contributed by atoms with Crippen LogP contribution in [0.2, 0.25) is 0 Å². The van der Waals surface area contributed by atoms with Gasteiger partial charge in [-0.1, -0.05) is 60.7 Å². The summed E-state index contributed by atoms with van der Waals surface area (Å²) in [5, 5.41) is 1.15. The van der Waals surface area contributed by atoms with Crippen LogP contribution in [-0.4, -0.2) is 26.1 Å². The molecule has 0 unspecified atom stereocenters. The number of nitrogens with two attached hydrogens (primary N) is 1. The van der Waals surface area contributed by atoms with Crippen molar-refractivity contribution in [2.24, 2.45) is 5.73 Å². The fraction of sp³-hybridized carbons (Fsp3) is 0.226. The van der Waals surface area contributed by atoms with Crippen LogP contribution in [0.5, 0.6) is 5.75 Å². The van der Waals surface area contributed by atoms with E-state index in [0.717, 1.165) is 40.7 Å². The summed E-state index contributed by atoms with van der Waals surface area (Å²) in [6.45, 7) is 3.83. The number of amides is 1. The molecule has 0 aliphatic heterocycles. The van der Waals surface area contributed by atoms with Gasteiger partial charge in [0.2, 0.25) is 0 Å². The van der Waals surface area contributed by atoms with Crippen LogP contribution < -0.4 is 10.5 Å². The van der Waals surface area contributed by atoms with Crippen LogP contribution in [0.1, 0.15) is 41.0 Å². The predicted octanol–water partition coefficient (Wildman–Crippen LogP) is 5.75.